The molecule has 3 aromatic rings. The lowest BCUT2D eigenvalue weighted by Gasteiger charge is -2.05. The molecule has 0 aliphatic heterocycles. The summed E-state index contributed by atoms with van der Waals surface area (Å²) in [5.74, 6) is 0.228. The molecule has 0 bridgehead atoms. The normalized spacial score (nSPS) is 11.1. The third-order valence-electron chi connectivity index (χ3n) is 3.43. The van der Waals surface area contributed by atoms with Crippen molar-refractivity contribution in [1.29, 1.82) is 0 Å². The summed E-state index contributed by atoms with van der Waals surface area (Å²) in [5, 5.41) is 2.89. The van der Waals surface area contributed by atoms with Gasteiger partial charge in [0.05, 0.1) is 5.69 Å². The van der Waals surface area contributed by atoms with Crippen molar-refractivity contribution in [2.24, 2.45) is 0 Å². The number of carbonyl (C=O) groups is 1. The molecule has 0 atom stereocenters. The molecular weight excluding hydrogens is 389 g/mol. The summed E-state index contributed by atoms with van der Waals surface area (Å²) in [6.45, 7) is 4.24. The Balaban J connectivity index is 1.93. The molecule has 5 heteroatoms. The zero-order valence-electron chi connectivity index (χ0n) is 12.4. The fraction of sp³-hybridized carbons (Fsp3) is 0.176. The number of hydrogen-bond acceptors (Lipinski definition) is 2. The highest BCUT2D eigenvalue weighted by Crippen LogP contribution is 2.23. The van der Waals surface area contributed by atoms with E-state index in [2.05, 4.69) is 46.7 Å². The van der Waals surface area contributed by atoms with Crippen LogP contribution in [0.15, 0.2) is 48.7 Å². The molecule has 0 fully saturated rings. The van der Waals surface area contributed by atoms with Crippen molar-refractivity contribution >= 4 is 39.8 Å². The van der Waals surface area contributed by atoms with Crippen LogP contribution in [0, 0.1) is 3.70 Å². The number of fused-ring (bicyclic) bond motifs is 1. The fourth-order valence-electron chi connectivity index (χ4n) is 2.27. The molecule has 22 heavy (non-hydrogen) atoms. The molecule has 0 aliphatic rings. The summed E-state index contributed by atoms with van der Waals surface area (Å²) >= 11 is 2.30. The van der Waals surface area contributed by atoms with Crippen LogP contribution in [-0.2, 0) is 0 Å². The Labute approximate surface area is 142 Å². The number of carbonyl (C=O) groups excluding carboxylic acids is 1. The van der Waals surface area contributed by atoms with Crippen molar-refractivity contribution in [3.05, 3.63) is 63.6 Å². The maximum absolute atomic E-state index is 12.3. The molecule has 1 amide bonds. The van der Waals surface area contributed by atoms with E-state index in [0.717, 1.165) is 20.7 Å². The van der Waals surface area contributed by atoms with Gasteiger partial charge in [-0.2, -0.15) is 0 Å². The SMILES string of the molecule is CC(C)c1nc2cc(C(=O)Nc3ccccc3)ccn2c1I. The van der Waals surface area contributed by atoms with Crippen LogP contribution in [0.5, 0.6) is 0 Å². The van der Waals surface area contributed by atoms with Gasteiger partial charge in [-0.1, -0.05) is 32.0 Å². The lowest BCUT2D eigenvalue weighted by Crippen LogP contribution is -2.12. The Morgan fingerprint density at radius 1 is 1.23 bits per heavy atom. The maximum atomic E-state index is 12.3. The first-order valence-corrected chi connectivity index (χ1v) is 8.18. The van der Waals surface area contributed by atoms with Gasteiger partial charge in [0, 0.05) is 17.4 Å². The van der Waals surface area contributed by atoms with Crippen LogP contribution < -0.4 is 5.32 Å². The molecule has 112 valence electrons. The molecule has 1 N–H and O–H groups in total. The minimum Gasteiger partial charge on any atom is -0.322 e. The van der Waals surface area contributed by atoms with Crippen LogP contribution in [0.25, 0.3) is 5.65 Å². The van der Waals surface area contributed by atoms with E-state index in [-0.39, 0.29) is 5.91 Å². The van der Waals surface area contributed by atoms with Gasteiger partial charge >= 0.3 is 0 Å². The van der Waals surface area contributed by atoms with E-state index in [9.17, 15) is 4.79 Å². The molecule has 4 nitrogen and oxygen atoms in total. The summed E-state index contributed by atoms with van der Waals surface area (Å²) in [7, 11) is 0. The van der Waals surface area contributed by atoms with Crippen LogP contribution in [0.1, 0.15) is 35.8 Å². The second-order valence-corrected chi connectivity index (χ2v) is 6.43. The fourth-order valence-corrected chi connectivity index (χ4v) is 3.42. The van der Waals surface area contributed by atoms with Crippen LogP contribution in [-0.4, -0.2) is 15.3 Å². The quantitative estimate of drug-likeness (QED) is 0.660. The number of pyridine rings is 1. The standard InChI is InChI=1S/C17H16IN3O/c1-11(2)15-16(18)21-9-8-12(10-14(21)20-15)17(22)19-13-6-4-3-5-7-13/h3-11H,1-2H3,(H,19,22). The number of amides is 1. The topological polar surface area (TPSA) is 46.4 Å². The number of benzene rings is 1. The molecule has 0 spiro atoms. The number of nitrogens with one attached hydrogen (secondary N) is 1. The first-order valence-electron chi connectivity index (χ1n) is 7.10. The number of halogens is 1. The molecule has 1 aromatic carbocycles. The third kappa shape index (κ3) is 2.85. The zero-order chi connectivity index (χ0) is 15.7. The monoisotopic (exact) mass is 405 g/mol. The summed E-state index contributed by atoms with van der Waals surface area (Å²) in [5.41, 5.74) is 3.25. The largest absolute Gasteiger partial charge is 0.322 e. The van der Waals surface area contributed by atoms with E-state index >= 15 is 0 Å². The van der Waals surface area contributed by atoms with E-state index in [0.29, 0.717) is 11.5 Å². The minimum absolute atomic E-state index is 0.127. The lowest BCUT2D eigenvalue weighted by molar-refractivity contribution is 0.102. The van der Waals surface area contributed by atoms with Crippen LogP contribution in [0.3, 0.4) is 0 Å². The Morgan fingerprint density at radius 3 is 2.64 bits per heavy atom. The van der Waals surface area contributed by atoms with E-state index < -0.39 is 0 Å². The van der Waals surface area contributed by atoms with E-state index in [1.54, 1.807) is 0 Å². The number of para-hydroxylation sites is 1. The van der Waals surface area contributed by atoms with E-state index in [1.807, 2.05) is 53.1 Å². The summed E-state index contributed by atoms with van der Waals surface area (Å²) in [6.07, 6.45) is 1.90. The Kier molecular flexibility index (Phi) is 4.15. The highest BCUT2D eigenvalue weighted by atomic mass is 127. The zero-order valence-corrected chi connectivity index (χ0v) is 14.5. The highest BCUT2D eigenvalue weighted by molar-refractivity contribution is 14.1. The molecule has 0 unspecified atom stereocenters. The van der Waals surface area contributed by atoms with Gasteiger partial charge in [0.15, 0.2) is 0 Å². The molecule has 2 aromatic heterocycles. The summed E-state index contributed by atoms with van der Waals surface area (Å²) < 4.78 is 3.10. The van der Waals surface area contributed by atoms with Crippen molar-refractivity contribution in [2.45, 2.75) is 19.8 Å². The van der Waals surface area contributed by atoms with Gasteiger partial charge < -0.3 is 5.32 Å². The summed E-state index contributed by atoms with van der Waals surface area (Å²) in [6, 6.07) is 13.1. The first kappa shape index (κ1) is 15.0. The predicted molar refractivity (Wildman–Crippen MR) is 96.4 cm³/mol. The first-order chi connectivity index (χ1) is 10.6. The minimum atomic E-state index is -0.127. The number of anilines is 1. The maximum Gasteiger partial charge on any atom is 0.255 e. The van der Waals surface area contributed by atoms with Gasteiger partial charge in [0.25, 0.3) is 5.91 Å². The number of nitrogens with zero attached hydrogens (tertiary/aromatic N) is 2. The Bertz CT molecular complexity index is 825. The number of imidazole rings is 1. The van der Waals surface area contributed by atoms with Gasteiger partial charge in [-0.25, -0.2) is 4.98 Å². The average molecular weight is 405 g/mol. The predicted octanol–water partition coefficient (Wildman–Crippen LogP) is 4.31. The number of aromatic nitrogens is 2. The molecule has 2 heterocycles. The van der Waals surface area contributed by atoms with Gasteiger partial charge in [-0.3, -0.25) is 9.20 Å². The second kappa shape index (κ2) is 6.08. The third-order valence-corrected chi connectivity index (χ3v) is 4.51. The Morgan fingerprint density at radius 2 is 1.95 bits per heavy atom. The van der Waals surface area contributed by atoms with Crippen molar-refractivity contribution in [3.8, 4) is 0 Å². The van der Waals surface area contributed by atoms with Crippen molar-refractivity contribution in [2.75, 3.05) is 5.32 Å². The number of rotatable bonds is 3. The van der Waals surface area contributed by atoms with E-state index in [1.165, 1.54) is 0 Å². The molecule has 0 saturated carbocycles. The Hall–Kier alpha value is -1.89. The number of hydrogen-bond donors (Lipinski definition) is 1. The van der Waals surface area contributed by atoms with Gasteiger partial charge in [-0.05, 0) is 52.8 Å². The molecule has 0 radical (unpaired) electrons. The highest BCUT2D eigenvalue weighted by Gasteiger charge is 2.14. The molecular formula is C17H16IN3O. The van der Waals surface area contributed by atoms with Crippen molar-refractivity contribution in [1.82, 2.24) is 9.38 Å². The van der Waals surface area contributed by atoms with Gasteiger partial charge in [-0.15, -0.1) is 0 Å². The molecule has 3 rings (SSSR count). The molecule has 0 saturated heterocycles. The smallest absolute Gasteiger partial charge is 0.255 e. The van der Waals surface area contributed by atoms with Crippen LogP contribution in [0.2, 0.25) is 0 Å². The molecule has 0 aliphatic carbocycles. The average Bonchev–Trinajstić information content (AvgIpc) is 2.85. The van der Waals surface area contributed by atoms with Gasteiger partial charge in [0.2, 0.25) is 0 Å². The van der Waals surface area contributed by atoms with Crippen molar-refractivity contribution < 1.29 is 4.79 Å². The van der Waals surface area contributed by atoms with Crippen LogP contribution >= 0.6 is 22.6 Å². The van der Waals surface area contributed by atoms with Gasteiger partial charge in [0.1, 0.15) is 9.35 Å². The second-order valence-electron chi connectivity index (χ2n) is 5.41. The van der Waals surface area contributed by atoms with E-state index in [4.69, 9.17) is 0 Å². The summed E-state index contributed by atoms with van der Waals surface area (Å²) in [4.78, 5) is 17.0. The van der Waals surface area contributed by atoms with Crippen molar-refractivity contribution in [3.63, 3.8) is 0 Å². The lowest BCUT2D eigenvalue weighted by atomic mass is 10.2. The van der Waals surface area contributed by atoms with Crippen LogP contribution in [0.4, 0.5) is 5.69 Å².